The molecule has 0 fully saturated rings. The van der Waals surface area contributed by atoms with Crippen molar-refractivity contribution in [2.45, 2.75) is 6.42 Å². The van der Waals surface area contributed by atoms with Gasteiger partial charge in [0.15, 0.2) is 0 Å². The fourth-order valence-electron chi connectivity index (χ4n) is 1.70. The Morgan fingerprint density at radius 1 is 0.889 bits per heavy atom. The molecule has 2 aromatic carbocycles. The van der Waals surface area contributed by atoms with Crippen molar-refractivity contribution >= 4 is 17.1 Å². The maximum atomic E-state index is 9.10. The Morgan fingerprint density at radius 3 is 1.89 bits per heavy atom. The molecule has 0 bridgehead atoms. The van der Waals surface area contributed by atoms with Gasteiger partial charge in [-0.15, -0.1) is 0 Å². The number of nitrogen functional groups attached to an aromatic ring is 2. The molecule has 0 saturated carbocycles. The van der Waals surface area contributed by atoms with Crippen molar-refractivity contribution in [1.82, 2.24) is 0 Å². The third-order valence-corrected chi connectivity index (χ3v) is 2.72. The first-order chi connectivity index (χ1) is 8.69. The quantitative estimate of drug-likeness (QED) is 0.333. The van der Waals surface area contributed by atoms with E-state index in [4.69, 9.17) is 16.7 Å². The average Bonchev–Trinajstić information content (AvgIpc) is 2.39. The molecule has 0 heterocycles. The molecular formula is C14H15N3O. The molecule has 0 aliphatic rings. The smallest absolute Gasteiger partial charge is 0.0911 e. The van der Waals surface area contributed by atoms with Gasteiger partial charge in [-0.05, 0) is 35.4 Å². The fourth-order valence-corrected chi connectivity index (χ4v) is 1.70. The maximum absolute atomic E-state index is 9.10. The molecule has 2 aromatic rings. The van der Waals surface area contributed by atoms with Gasteiger partial charge >= 0.3 is 0 Å². The summed E-state index contributed by atoms with van der Waals surface area (Å²) in [7, 11) is 0. The molecule has 92 valence electrons. The first-order valence-electron chi connectivity index (χ1n) is 5.60. The van der Waals surface area contributed by atoms with Gasteiger partial charge in [-0.2, -0.15) is 0 Å². The topological polar surface area (TPSA) is 84.6 Å². The van der Waals surface area contributed by atoms with Gasteiger partial charge in [-0.3, -0.25) is 0 Å². The molecule has 0 aliphatic carbocycles. The standard InChI is InChI=1S/C14H15N3O/c15-12-5-1-10(2-6-12)9-14(17-18)11-3-7-13(16)8-4-11/h1-8,18H,9,15-16H2/b17-14-. The Balaban J connectivity index is 2.20. The van der Waals surface area contributed by atoms with Crippen molar-refractivity contribution in [3.05, 3.63) is 59.7 Å². The Hall–Kier alpha value is -2.49. The number of hydrogen-bond acceptors (Lipinski definition) is 4. The molecule has 0 unspecified atom stereocenters. The Morgan fingerprint density at radius 2 is 1.39 bits per heavy atom. The van der Waals surface area contributed by atoms with E-state index >= 15 is 0 Å². The third-order valence-electron chi connectivity index (χ3n) is 2.72. The Kier molecular flexibility index (Phi) is 3.48. The van der Waals surface area contributed by atoms with Crippen LogP contribution in [0.25, 0.3) is 0 Å². The van der Waals surface area contributed by atoms with Crippen LogP contribution < -0.4 is 11.5 Å². The average molecular weight is 241 g/mol. The highest BCUT2D eigenvalue weighted by molar-refractivity contribution is 6.01. The normalized spacial score (nSPS) is 11.4. The zero-order chi connectivity index (χ0) is 13.0. The van der Waals surface area contributed by atoms with E-state index < -0.39 is 0 Å². The molecule has 0 saturated heterocycles. The van der Waals surface area contributed by atoms with Gasteiger partial charge in [-0.25, -0.2) is 0 Å². The summed E-state index contributed by atoms with van der Waals surface area (Å²) >= 11 is 0. The molecule has 0 spiro atoms. The molecule has 4 nitrogen and oxygen atoms in total. The van der Waals surface area contributed by atoms with E-state index in [0.717, 1.165) is 11.1 Å². The van der Waals surface area contributed by atoms with Crippen LogP contribution in [0.3, 0.4) is 0 Å². The van der Waals surface area contributed by atoms with Crippen LogP contribution in [0.4, 0.5) is 11.4 Å². The van der Waals surface area contributed by atoms with E-state index in [1.165, 1.54) is 0 Å². The van der Waals surface area contributed by atoms with Gasteiger partial charge in [-0.1, -0.05) is 29.4 Å². The van der Waals surface area contributed by atoms with E-state index in [9.17, 15) is 0 Å². The highest BCUT2D eigenvalue weighted by Crippen LogP contribution is 2.12. The number of oxime groups is 1. The number of anilines is 2. The highest BCUT2D eigenvalue weighted by atomic mass is 16.4. The van der Waals surface area contributed by atoms with Gasteiger partial charge in [0.05, 0.1) is 5.71 Å². The summed E-state index contributed by atoms with van der Waals surface area (Å²) in [6, 6.07) is 14.7. The van der Waals surface area contributed by atoms with Crippen LogP contribution in [0.1, 0.15) is 11.1 Å². The summed E-state index contributed by atoms with van der Waals surface area (Å²) in [5.41, 5.74) is 15.1. The van der Waals surface area contributed by atoms with Crippen molar-refractivity contribution < 1.29 is 5.21 Å². The fraction of sp³-hybridized carbons (Fsp3) is 0.0714. The molecule has 0 aliphatic heterocycles. The molecule has 0 radical (unpaired) electrons. The zero-order valence-corrected chi connectivity index (χ0v) is 9.88. The molecule has 5 N–H and O–H groups in total. The lowest BCUT2D eigenvalue weighted by atomic mass is 10.0. The van der Waals surface area contributed by atoms with Crippen LogP contribution in [0.15, 0.2) is 53.7 Å². The summed E-state index contributed by atoms with van der Waals surface area (Å²) in [6.45, 7) is 0. The summed E-state index contributed by atoms with van der Waals surface area (Å²) in [4.78, 5) is 0. The van der Waals surface area contributed by atoms with Crippen molar-refractivity contribution in [2.75, 3.05) is 11.5 Å². The van der Waals surface area contributed by atoms with Crippen LogP contribution in [-0.4, -0.2) is 10.9 Å². The van der Waals surface area contributed by atoms with Crippen molar-refractivity contribution in [3.8, 4) is 0 Å². The third kappa shape index (κ3) is 2.79. The number of rotatable bonds is 3. The van der Waals surface area contributed by atoms with E-state index in [0.29, 0.717) is 23.5 Å². The van der Waals surface area contributed by atoms with Crippen LogP contribution >= 0.6 is 0 Å². The Bertz CT molecular complexity index is 544. The van der Waals surface area contributed by atoms with E-state index in [-0.39, 0.29) is 0 Å². The first-order valence-corrected chi connectivity index (χ1v) is 5.60. The highest BCUT2D eigenvalue weighted by Gasteiger charge is 2.05. The first kappa shape index (κ1) is 12.0. The predicted octanol–water partition coefficient (Wildman–Crippen LogP) is 2.27. The van der Waals surface area contributed by atoms with Gasteiger partial charge in [0, 0.05) is 17.8 Å². The van der Waals surface area contributed by atoms with E-state index in [1.54, 1.807) is 12.1 Å². The maximum Gasteiger partial charge on any atom is 0.0911 e. The largest absolute Gasteiger partial charge is 0.411 e. The number of nitrogens with zero attached hydrogens (tertiary/aromatic N) is 1. The van der Waals surface area contributed by atoms with Crippen LogP contribution in [-0.2, 0) is 6.42 Å². The minimum Gasteiger partial charge on any atom is -0.411 e. The van der Waals surface area contributed by atoms with E-state index in [1.807, 2.05) is 36.4 Å². The number of hydrogen-bond donors (Lipinski definition) is 3. The molecule has 0 amide bonds. The summed E-state index contributed by atoms with van der Waals surface area (Å²) in [6.07, 6.45) is 0.542. The molecule has 0 atom stereocenters. The van der Waals surface area contributed by atoms with Gasteiger partial charge in [0.25, 0.3) is 0 Å². The van der Waals surface area contributed by atoms with Crippen molar-refractivity contribution in [2.24, 2.45) is 5.16 Å². The van der Waals surface area contributed by atoms with Gasteiger partial charge < -0.3 is 16.7 Å². The minimum absolute atomic E-state index is 0.542. The molecule has 2 rings (SSSR count). The zero-order valence-electron chi connectivity index (χ0n) is 9.88. The summed E-state index contributed by atoms with van der Waals surface area (Å²) in [5.74, 6) is 0. The SMILES string of the molecule is Nc1ccc(C/C(=N/O)c2ccc(N)cc2)cc1. The summed E-state index contributed by atoms with van der Waals surface area (Å²) in [5, 5.41) is 12.4. The minimum atomic E-state index is 0.542. The van der Waals surface area contributed by atoms with Gasteiger partial charge in [0.2, 0.25) is 0 Å². The van der Waals surface area contributed by atoms with Gasteiger partial charge in [0.1, 0.15) is 0 Å². The lowest BCUT2D eigenvalue weighted by Crippen LogP contribution is -2.05. The second-order valence-electron chi connectivity index (χ2n) is 4.09. The monoisotopic (exact) mass is 241 g/mol. The van der Waals surface area contributed by atoms with Crippen molar-refractivity contribution in [1.29, 1.82) is 0 Å². The van der Waals surface area contributed by atoms with Crippen molar-refractivity contribution in [3.63, 3.8) is 0 Å². The van der Waals surface area contributed by atoms with Crippen LogP contribution in [0, 0.1) is 0 Å². The van der Waals surface area contributed by atoms with Crippen LogP contribution in [0.2, 0.25) is 0 Å². The lowest BCUT2D eigenvalue weighted by Gasteiger charge is -2.06. The summed E-state index contributed by atoms with van der Waals surface area (Å²) < 4.78 is 0. The molecule has 18 heavy (non-hydrogen) atoms. The second-order valence-corrected chi connectivity index (χ2v) is 4.09. The van der Waals surface area contributed by atoms with E-state index in [2.05, 4.69) is 5.16 Å². The van der Waals surface area contributed by atoms with Crippen LogP contribution in [0.5, 0.6) is 0 Å². The predicted molar refractivity (Wildman–Crippen MR) is 73.7 cm³/mol. The number of nitrogens with two attached hydrogens (primary N) is 2. The Labute approximate surface area is 106 Å². The lowest BCUT2D eigenvalue weighted by molar-refractivity contribution is 0.318. The molecular weight excluding hydrogens is 226 g/mol. The number of benzene rings is 2. The second kappa shape index (κ2) is 5.23. The molecule has 4 heteroatoms. The molecule has 0 aromatic heterocycles.